The van der Waals surface area contributed by atoms with Gasteiger partial charge in [-0.25, -0.2) is 8.42 Å². The fourth-order valence-corrected chi connectivity index (χ4v) is 4.51. The lowest BCUT2D eigenvalue weighted by Crippen LogP contribution is -2.41. The number of nitrogens with one attached hydrogen (secondary N) is 1. The van der Waals surface area contributed by atoms with Crippen molar-refractivity contribution < 1.29 is 18.0 Å². The zero-order valence-electron chi connectivity index (χ0n) is 14.2. The first-order valence-corrected chi connectivity index (χ1v) is 9.84. The van der Waals surface area contributed by atoms with Crippen LogP contribution in [-0.4, -0.2) is 60.3 Å². The molecule has 1 aliphatic rings. The van der Waals surface area contributed by atoms with Gasteiger partial charge in [0.2, 0.25) is 0 Å². The molecule has 1 fully saturated rings. The molecule has 1 saturated heterocycles. The van der Waals surface area contributed by atoms with Crippen molar-refractivity contribution in [3.8, 4) is 0 Å². The molecule has 1 aromatic heterocycles. The fraction of sp³-hybridized carbons (Fsp3) is 0.562. The van der Waals surface area contributed by atoms with Crippen molar-refractivity contribution in [3.05, 3.63) is 29.6 Å². The highest BCUT2D eigenvalue weighted by molar-refractivity contribution is 7.91. The standard InChI is InChI=1S/C16H23N3O4S/c1-4-19(13-6-8-24(22,23)10-13)16(21)12-5-7-17-14(9-12)15(20)18-11(2)3/h5,7,9,11,13H,4,6,8,10H2,1-3H3,(H,18,20). The third-order valence-corrected chi connectivity index (χ3v) is 5.66. The molecular weight excluding hydrogens is 330 g/mol. The summed E-state index contributed by atoms with van der Waals surface area (Å²) in [6.45, 7) is 5.91. The van der Waals surface area contributed by atoms with Crippen LogP contribution >= 0.6 is 0 Å². The van der Waals surface area contributed by atoms with Crippen LogP contribution < -0.4 is 5.32 Å². The first kappa shape index (κ1) is 18.4. The highest BCUT2D eigenvalue weighted by Gasteiger charge is 2.34. The van der Waals surface area contributed by atoms with Crippen LogP contribution in [0.3, 0.4) is 0 Å². The van der Waals surface area contributed by atoms with Gasteiger partial charge in [0.1, 0.15) is 5.69 Å². The lowest BCUT2D eigenvalue weighted by atomic mass is 10.1. The minimum atomic E-state index is -3.07. The van der Waals surface area contributed by atoms with Crippen molar-refractivity contribution in [1.82, 2.24) is 15.2 Å². The molecule has 0 radical (unpaired) electrons. The van der Waals surface area contributed by atoms with Crippen LogP contribution in [0.2, 0.25) is 0 Å². The topological polar surface area (TPSA) is 96.4 Å². The maximum atomic E-state index is 12.7. The van der Waals surface area contributed by atoms with Crippen LogP contribution in [0, 0.1) is 0 Å². The van der Waals surface area contributed by atoms with E-state index in [1.165, 1.54) is 12.3 Å². The van der Waals surface area contributed by atoms with Crippen LogP contribution in [-0.2, 0) is 9.84 Å². The molecule has 2 heterocycles. The fourth-order valence-electron chi connectivity index (χ4n) is 2.78. The summed E-state index contributed by atoms with van der Waals surface area (Å²) in [6, 6.07) is 2.65. The van der Waals surface area contributed by atoms with Crippen molar-refractivity contribution in [2.24, 2.45) is 0 Å². The van der Waals surface area contributed by atoms with E-state index in [1.807, 2.05) is 20.8 Å². The third-order valence-electron chi connectivity index (χ3n) is 3.91. The largest absolute Gasteiger partial charge is 0.349 e. The van der Waals surface area contributed by atoms with Gasteiger partial charge in [-0.3, -0.25) is 14.6 Å². The average molecular weight is 353 g/mol. The molecule has 1 unspecified atom stereocenters. The van der Waals surface area contributed by atoms with E-state index in [9.17, 15) is 18.0 Å². The molecule has 0 aliphatic carbocycles. The number of pyridine rings is 1. The number of hydrogen-bond acceptors (Lipinski definition) is 5. The van der Waals surface area contributed by atoms with Crippen molar-refractivity contribution >= 4 is 21.7 Å². The summed E-state index contributed by atoms with van der Waals surface area (Å²) in [5.41, 5.74) is 0.509. The quantitative estimate of drug-likeness (QED) is 0.847. The zero-order chi connectivity index (χ0) is 17.9. The van der Waals surface area contributed by atoms with E-state index in [0.717, 1.165) is 0 Å². The molecule has 0 spiro atoms. The number of aromatic nitrogens is 1. The summed E-state index contributed by atoms with van der Waals surface area (Å²) < 4.78 is 23.3. The highest BCUT2D eigenvalue weighted by Crippen LogP contribution is 2.20. The molecule has 1 aromatic rings. The van der Waals surface area contributed by atoms with E-state index in [0.29, 0.717) is 18.5 Å². The van der Waals surface area contributed by atoms with Gasteiger partial charge in [-0.05, 0) is 39.3 Å². The Morgan fingerprint density at radius 2 is 2.12 bits per heavy atom. The van der Waals surface area contributed by atoms with E-state index >= 15 is 0 Å². The van der Waals surface area contributed by atoms with Crippen molar-refractivity contribution in [2.45, 2.75) is 39.3 Å². The van der Waals surface area contributed by atoms with Crippen molar-refractivity contribution in [3.63, 3.8) is 0 Å². The van der Waals surface area contributed by atoms with E-state index in [4.69, 9.17) is 0 Å². The van der Waals surface area contributed by atoms with Gasteiger partial charge in [0, 0.05) is 30.4 Å². The lowest BCUT2D eigenvalue weighted by molar-refractivity contribution is 0.0708. The Bertz CT molecular complexity index is 731. The van der Waals surface area contributed by atoms with Gasteiger partial charge in [0.15, 0.2) is 9.84 Å². The second-order valence-corrected chi connectivity index (χ2v) is 8.43. The number of hydrogen-bond donors (Lipinski definition) is 1. The Morgan fingerprint density at radius 1 is 1.42 bits per heavy atom. The second-order valence-electron chi connectivity index (χ2n) is 6.21. The Balaban J connectivity index is 2.20. The van der Waals surface area contributed by atoms with Crippen LogP contribution in [0.25, 0.3) is 0 Å². The number of carbonyl (C=O) groups excluding carboxylic acids is 2. The summed E-state index contributed by atoms with van der Waals surface area (Å²) in [6.07, 6.45) is 1.87. The smallest absolute Gasteiger partial charge is 0.270 e. The number of amides is 2. The molecule has 1 N–H and O–H groups in total. The number of sulfone groups is 1. The molecule has 24 heavy (non-hydrogen) atoms. The van der Waals surface area contributed by atoms with Gasteiger partial charge >= 0.3 is 0 Å². The number of nitrogens with zero attached hydrogens (tertiary/aromatic N) is 2. The van der Waals surface area contributed by atoms with E-state index in [-0.39, 0.29) is 41.1 Å². The van der Waals surface area contributed by atoms with Crippen LogP contribution in [0.1, 0.15) is 48.0 Å². The van der Waals surface area contributed by atoms with Gasteiger partial charge in [0.25, 0.3) is 11.8 Å². The van der Waals surface area contributed by atoms with Crippen molar-refractivity contribution in [1.29, 1.82) is 0 Å². The van der Waals surface area contributed by atoms with Crippen LogP contribution in [0.4, 0.5) is 0 Å². The van der Waals surface area contributed by atoms with E-state index in [2.05, 4.69) is 10.3 Å². The molecule has 2 rings (SSSR count). The predicted molar refractivity (Wildman–Crippen MR) is 90.6 cm³/mol. The maximum Gasteiger partial charge on any atom is 0.270 e. The highest BCUT2D eigenvalue weighted by atomic mass is 32.2. The van der Waals surface area contributed by atoms with E-state index < -0.39 is 9.84 Å². The van der Waals surface area contributed by atoms with E-state index in [1.54, 1.807) is 11.0 Å². The molecule has 0 bridgehead atoms. The Morgan fingerprint density at radius 3 is 2.67 bits per heavy atom. The van der Waals surface area contributed by atoms with Gasteiger partial charge < -0.3 is 10.2 Å². The molecule has 1 atom stereocenters. The zero-order valence-corrected chi connectivity index (χ0v) is 15.0. The maximum absolute atomic E-state index is 12.7. The van der Waals surface area contributed by atoms with Gasteiger partial charge in [-0.2, -0.15) is 0 Å². The molecule has 0 aromatic carbocycles. The summed E-state index contributed by atoms with van der Waals surface area (Å²) in [5.74, 6) is -0.509. The SMILES string of the molecule is CCN(C(=O)c1ccnc(C(=O)NC(C)C)c1)C1CCS(=O)(=O)C1. The van der Waals surface area contributed by atoms with Crippen LogP contribution in [0.15, 0.2) is 18.3 Å². The second kappa shape index (κ2) is 7.29. The summed E-state index contributed by atoms with van der Waals surface area (Å²) in [7, 11) is -3.07. The summed E-state index contributed by atoms with van der Waals surface area (Å²) >= 11 is 0. The Kier molecular flexibility index (Phi) is 5.58. The molecule has 0 saturated carbocycles. The van der Waals surface area contributed by atoms with Gasteiger partial charge in [0.05, 0.1) is 11.5 Å². The monoisotopic (exact) mass is 353 g/mol. The Labute approximate surface area is 142 Å². The normalized spacial score (nSPS) is 19.2. The first-order valence-electron chi connectivity index (χ1n) is 8.02. The molecular formula is C16H23N3O4S. The van der Waals surface area contributed by atoms with Gasteiger partial charge in [-0.15, -0.1) is 0 Å². The van der Waals surface area contributed by atoms with Crippen molar-refractivity contribution in [2.75, 3.05) is 18.1 Å². The minimum absolute atomic E-state index is 0.00163. The molecule has 132 valence electrons. The lowest BCUT2D eigenvalue weighted by Gasteiger charge is -2.27. The van der Waals surface area contributed by atoms with Gasteiger partial charge in [-0.1, -0.05) is 0 Å². The molecule has 7 nitrogen and oxygen atoms in total. The first-order chi connectivity index (χ1) is 11.2. The number of carbonyl (C=O) groups is 2. The van der Waals surface area contributed by atoms with Crippen LogP contribution in [0.5, 0.6) is 0 Å². The number of rotatable bonds is 5. The molecule has 8 heteroatoms. The average Bonchev–Trinajstić information content (AvgIpc) is 2.87. The Hall–Kier alpha value is -1.96. The molecule has 2 amide bonds. The summed E-state index contributed by atoms with van der Waals surface area (Å²) in [4.78, 5) is 30.3. The summed E-state index contributed by atoms with van der Waals surface area (Å²) in [5, 5.41) is 2.73. The minimum Gasteiger partial charge on any atom is -0.349 e. The molecule has 1 aliphatic heterocycles. The third kappa shape index (κ3) is 4.31. The predicted octanol–water partition coefficient (Wildman–Crippen LogP) is 0.869.